The minimum Gasteiger partial charge on any atom is -0.465 e. The molecule has 5 nitrogen and oxygen atoms in total. The minimum atomic E-state index is 0.00544. The number of likely N-dealkylation sites (tertiary alicyclic amines) is 1. The molecule has 0 spiro atoms. The van der Waals surface area contributed by atoms with Gasteiger partial charge in [-0.05, 0) is 100.0 Å². The van der Waals surface area contributed by atoms with Gasteiger partial charge in [-0.1, -0.05) is 152 Å². The SMILES string of the molecule is CC(C)CCC(COC(=O)CCCCCCCCCC(CCCCCCCCCC(=O)OCC(CCC(C)C)C(C)C)N1CCCCC1)C(C)C. The third-order valence-electron chi connectivity index (χ3n) is 11.8. The van der Waals surface area contributed by atoms with E-state index in [1.54, 1.807) is 0 Å². The van der Waals surface area contributed by atoms with E-state index in [-0.39, 0.29) is 11.9 Å². The summed E-state index contributed by atoms with van der Waals surface area (Å²) in [5.74, 6) is 3.54. The molecule has 1 aliphatic rings. The van der Waals surface area contributed by atoms with Gasteiger partial charge in [0.2, 0.25) is 0 Å². The van der Waals surface area contributed by atoms with Crippen molar-refractivity contribution in [2.75, 3.05) is 26.3 Å². The van der Waals surface area contributed by atoms with Gasteiger partial charge in [0.05, 0.1) is 13.2 Å². The van der Waals surface area contributed by atoms with E-state index in [1.165, 1.54) is 122 Å². The number of ether oxygens (including phenoxy) is 2. The number of unbranched alkanes of at least 4 members (excludes halogenated alkanes) is 12. The second-order valence-corrected chi connectivity index (χ2v) is 18.1. The van der Waals surface area contributed by atoms with Crippen LogP contribution in [0.2, 0.25) is 0 Å². The topological polar surface area (TPSA) is 55.8 Å². The van der Waals surface area contributed by atoms with Crippen molar-refractivity contribution in [1.82, 2.24) is 4.90 Å². The normalized spacial score (nSPS) is 15.9. The molecule has 1 heterocycles. The van der Waals surface area contributed by atoms with Crippen molar-refractivity contribution in [1.29, 1.82) is 0 Å². The van der Waals surface area contributed by atoms with Gasteiger partial charge in [0, 0.05) is 18.9 Å². The Morgan fingerprint density at radius 3 is 1.16 bits per heavy atom. The van der Waals surface area contributed by atoms with E-state index in [2.05, 4.69) is 60.3 Å². The van der Waals surface area contributed by atoms with Crippen LogP contribution in [0.25, 0.3) is 0 Å². The molecular formula is C46H89NO4. The van der Waals surface area contributed by atoms with E-state index in [4.69, 9.17) is 9.47 Å². The fraction of sp³-hybridized carbons (Fsp3) is 0.957. The third kappa shape index (κ3) is 27.2. The Morgan fingerprint density at radius 1 is 0.451 bits per heavy atom. The van der Waals surface area contributed by atoms with Crippen molar-refractivity contribution < 1.29 is 19.1 Å². The zero-order valence-corrected chi connectivity index (χ0v) is 35.6. The van der Waals surface area contributed by atoms with Crippen LogP contribution in [0.3, 0.4) is 0 Å². The largest absolute Gasteiger partial charge is 0.465 e. The molecule has 1 aliphatic heterocycles. The zero-order valence-electron chi connectivity index (χ0n) is 35.6. The molecule has 0 radical (unpaired) electrons. The summed E-state index contributed by atoms with van der Waals surface area (Å²) in [4.78, 5) is 27.4. The van der Waals surface area contributed by atoms with Gasteiger partial charge in [0.25, 0.3) is 0 Å². The highest BCUT2D eigenvalue weighted by molar-refractivity contribution is 5.69. The maximum absolute atomic E-state index is 12.3. The molecule has 302 valence electrons. The summed E-state index contributed by atoms with van der Waals surface area (Å²) < 4.78 is 11.3. The highest BCUT2D eigenvalue weighted by Crippen LogP contribution is 2.24. The van der Waals surface area contributed by atoms with Crippen LogP contribution in [0.5, 0.6) is 0 Å². The zero-order chi connectivity index (χ0) is 37.7. The first-order valence-corrected chi connectivity index (χ1v) is 22.5. The molecule has 0 aliphatic carbocycles. The quantitative estimate of drug-likeness (QED) is 0.0499. The molecule has 0 saturated carbocycles. The standard InChI is InChI=1S/C46H89NO4/c1-38(2)30-32-42(40(5)6)36-50-45(48)28-22-17-13-9-11-15-20-26-44(47-34-24-19-25-35-47)27-21-16-12-10-14-18-23-29-46(49)51-37-43(41(7)8)33-31-39(3)4/h38-44H,9-37H2,1-8H3. The van der Waals surface area contributed by atoms with E-state index in [9.17, 15) is 9.59 Å². The molecule has 0 aromatic heterocycles. The maximum atomic E-state index is 12.3. The molecule has 51 heavy (non-hydrogen) atoms. The number of piperidine rings is 1. The van der Waals surface area contributed by atoms with Gasteiger partial charge in [0.15, 0.2) is 0 Å². The van der Waals surface area contributed by atoms with Crippen molar-refractivity contribution in [3.63, 3.8) is 0 Å². The number of hydrogen-bond donors (Lipinski definition) is 0. The van der Waals surface area contributed by atoms with Crippen LogP contribution >= 0.6 is 0 Å². The lowest BCUT2D eigenvalue weighted by molar-refractivity contribution is -0.146. The summed E-state index contributed by atoms with van der Waals surface area (Å²) in [7, 11) is 0. The summed E-state index contributed by atoms with van der Waals surface area (Å²) in [6.07, 6.45) is 30.2. The predicted molar refractivity (Wildman–Crippen MR) is 219 cm³/mol. The number of hydrogen-bond acceptors (Lipinski definition) is 5. The number of nitrogens with zero attached hydrogens (tertiary/aromatic N) is 1. The van der Waals surface area contributed by atoms with Gasteiger partial charge < -0.3 is 14.4 Å². The fourth-order valence-electron chi connectivity index (χ4n) is 7.72. The lowest BCUT2D eigenvalue weighted by atomic mass is 9.89. The molecule has 0 bridgehead atoms. The Morgan fingerprint density at radius 2 is 0.804 bits per heavy atom. The van der Waals surface area contributed by atoms with E-state index in [0.29, 0.717) is 61.6 Å². The van der Waals surface area contributed by atoms with Crippen LogP contribution in [0.4, 0.5) is 0 Å². The van der Waals surface area contributed by atoms with E-state index >= 15 is 0 Å². The van der Waals surface area contributed by atoms with E-state index in [1.807, 2.05) is 0 Å². The van der Waals surface area contributed by atoms with E-state index < -0.39 is 0 Å². The first-order valence-electron chi connectivity index (χ1n) is 22.5. The summed E-state index contributed by atoms with van der Waals surface area (Å²) in [5.41, 5.74) is 0. The molecule has 0 amide bonds. The highest BCUT2D eigenvalue weighted by Gasteiger charge is 2.20. The van der Waals surface area contributed by atoms with Crippen molar-refractivity contribution in [3.05, 3.63) is 0 Å². The van der Waals surface area contributed by atoms with Gasteiger partial charge in [-0.15, -0.1) is 0 Å². The molecule has 0 aromatic rings. The lowest BCUT2D eigenvalue weighted by Gasteiger charge is -2.35. The molecule has 5 heteroatoms. The molecular weight excluding hydrogens is 631 g/mol. The van der Waals surface area contributed by atoms with Crippen LogP contribution in [0, 0.1) is 35.5 Å². The number of carbonyl (C=O) groups is 2. The fourth-order valence-corrected chi connectivity index (χ4v) is 7.72. The van der Waals surface area contributed by atoms with Gasteiger partial charge in [0.1, 0.15) is 0 Å². The van der Waals surface area contributed by atoms with Crippen molar-refractivity contribution in [2.45, 2.75) is 222 Å². The minimum absolute atomic E-state index is 0.00544. The summed E-state index contributed by atoms with van der Waals surface area (Å²) in [5, 5.41) is 0. The maximum Gasteiger partial charge on any atom is 0.305 e. The Kier molecular flexibility index (Phi) is 29.4. The Labute approximate surface area is 318 Å². The van der Waals surface area contributed by atoms with Crippen LogP contribution < -0.4 is 0 Å². The Balaban J connectivity index is 2.12. The molecule has 0 aromatic carbocycles. The molecule has 1 rings (SSSR count). The van der Waals surface area contributed by atoms with Crippen LogP contribution in [0.15, 0.2) is 0 Å². The first kappa shape index (κ1) is 47.9. The van der Waals surface area contributed by atoms with Crippen molar-refractivity contribution >= 4 is 11.9 Å². The summed E-state index contributed by atoms with van der Waals surface area (Å²) in [6.45, 7) is 21.9. The van der Waals surface area contributed by atoms with E-state index in [0.717, 1.165) is 44.6 Å². The average Bonchev–Trinajstić information content (AvgIpc) is 3.08. The van der Waals surface area contributed by atoms with Crippen LogP contribution in [0.1, 0.15) is 216 Å². The number of carbonyl (C=O) groups excluding carboxylic acids is 2. The number of esters is 2. The molecule has 2 atom stereocenters. The number of rotatable bonds is 33. The predicted octanol–water partition coefficient (Wildman–Crippen LogP) is 13.4. The summed E-state index contributed by atoms with van der Waals surface area (Å²) >= 11 is 0. The van der Waals surface area contributed by atoms with Gasteiger partial charge in [-0.3, -0.25) is 9.59 Å². The highest BCUT2D eigenvalue weighted by atomic mass is 16.5. The van der Waals surface area contributed by atoms with Crippen LogP contribution in [-0.4, -0.2) is 49.2 Å². The third-order valence-corrected chi connectivity index (χ3v) is 11.8. The monoisotopic (exact) mass is 720 g/mol. The Hall–Kier alpha value is -1.10. The molecule has 1 saturated heterocycles. The first-order chi connectivity index (χ1) is 24.5. The Bertz CT molecular complexity index is 760. The smallest absolute Gasteiger partial charge is 0.305 e. The second-order valence-electron chi connectivity index (χ2n) is 18.1. The van der Waals surface area contributed by atoms with Gasteiger partial charge in [-0.2, -0.15) is 0 Å². The summed E-state index contributed by atoms with van der Waals surface area (Å²) in [6, 6.07) is 0.781. The van der Waals surface area contributed by atoms with Crippen molar-refractivity contribution in [2.24, 2.45) is 35.5 Å². The second kappa shape index (κ2) is 31.3. The van der Waals surface area contributed by atoms with Crippen molar-refractivity contribution in [3.8, 4) is 0 Å². The molecule has 2 unspecified atom stereocenters. The van der Waals surface area contributed by atoms with Crippen LogP contribution in [-0.2, 0) is 19.1 Å². The van der Waals surface area contributed by atoms with Gasteiger partial charge >= 0.3 is 11.9 Å². The lowest BCUT2D eigenvalue weighted by Crippen LogP contribution is -2.39. The molecule has 0 N–H and O–H groups in total. The average molecular weight is 720 g/mol. The van der Waals surface area contributed by atoms with Gasteiger partial charge in [-0.25, -0.2) is 0 Å². The molecule has 1 fully saturated rings.